The van der Waals surface area contributed by atoms with E-state index in [0.29, 0.717) is 5.56 Å². The van der Waals surface area contributed by atoms with E-state index in [-0.39, 0.29) is 18.2 Å². The van der Waals surface area contributed by atoms with Crippen molar-refractivity contribution < 1.29 is 4.42 Å². The summed E-state index contributed by atoms with van der Waals surface area (Å²) in [4.78, 5) is 4.57. The highest BCUT2D eigenvalue weighted by Crippen LogP contribution is 2.41. The number of aryl methyl sites for hydroxylation is 3. The van der Waals surface area contributed by atoms with Gasteiger partial charge in [-0.1, -0.05) is 0 Å². The van der Waals surface area contributed by atoms with Gasteiger partial charge >= 0.3 is 0 Å². The zero-order chi connectivity index (χ0) is 18.5. The minimum atomic E-state index is 0. The number of furan rings is 1. The fourth-order valence-corrected chi connectivity index (χ4v) is 4.17. The smallest absolute Gasteiger partial charge is 0.142 e. The van der Waals surface area contributed by atoms with Crippen molar-refractivity contribution in [2.75, 3.05) is 12.3 Å². The molecule has 0 unspecified atom stereocenters. The molecule has 5 rings (SSSR count). The number of anilines is 1. The van der Waals surface area contributed by atoms with Crippen LogP contribution in [0.3, 0.4) is 0 Å². The lowest BCUT2D eigenvalue weighted by atomic mass is 9.87. The van der Waals surface area contributed by atoms with Crippen LogP contribution < -0.4 is 11.1 Å². The van der Waals surface area contributed by atoms with E-state index in [1.807, 2.05) is 17.7 Å². The van der Waals surface area contributed by atoms with Crippen LogP contribution in [0.25, 0.3) is 22.5 Å². The Labute approximate surface area is 169 Å². The van der Waals surface area contributed by atoms with Gasteiger partial charge in [-0.2, -0.15) is 10.4 Å². The van der Waals surface area contributed by atoms with Crippen LogP contribution in [0, 0.1) is 18.3 Å². The van der Waals surface area contributed by atoms with Crippen LogP contribution in [0.1, 0.15) is 34.8 Å². The molecule has 3 N–H and O–H groups in total. The van der Waals surface area contributed by atoms with Gasteiger partial charge in [-0.05, 0) is 44.0 Å². The summed E-state index contributed by atoms with van der Waals surface area (Å²) in [6, 6.07) is 6.33. The lowest BCUT2D eigenvalue weighted by molar-refractivity contribution is 0.481. The minimum absolute atomic E-state index is 0. The zero-order valence-corrected chi connectivity index (χ0v) is 16.4. The molecule has 3 aromatic rings. The Morgan fingerprint density at radius 2 is 2.18 bits per heavy atom. The second-order valence-electron chi connectivity index (χ2n) is 7.15. The van der Waals surface area contributed by atoms with Crippen LogP contribution in [0.2, 0.25) is 0 Å². The van der Waals surface area contributed by atoms with Crippen LogP contribution in [-0.4, -0.2) is 21.3 Å². The summed E-state index contributed by atoms with van der Waals surface area (Å²) < 4.78 is 7.85. The molecular formula is C20H21ClN6O. The van der Waals surface area contributed by atoms with Crippen molar-refractivity contribution in [1.29, 1.82) is 5.26 Å². The van der Waals surface area contributed by atoms with Gasteiger partial charge in [-0.25, -0.2) is 4.98 Å². The third-order valence-corrected chi connectivity index (χ3v) is 5.38. The van der Waals surface area contributed by atoms with E-state index < -0.39 is 0 Å². The third-order valence-electron chi connectivity index (χ3n) is 5.38. The first-order valence-electron chi connectivity index (χ1n) is 9.25. The summed E-state index contributed by atoms with van der Waals surface area (Å²) in [7, 11) is 0. The van der Waals surface area contributed by atoms with Gasteiger partial charge in [0.1, 0.15) is 29.0 Å². The molecule has 1 aliphatic carbocycles. The van der Waals surface area contributed by atoms with E-state index in [1.54, 1.807) is 0 Å². The van der Waals surface area contributed by atoms with Gasteiger partial charge in [0.25, 0.3) is 0 Å². The number of hydrogen-bond donors (Lipinski definition) is 2. The first-order chi connectivity index (χ1) is 13.2. The van der Waals surface area contributed by atoms with Gasteiger partial charge in [-0.3, -0.25) is 4.68 Å². The average Bonchev–Trinajstić information content (AvgIpc) is 3.16. The van der Waals surface area contributed by atoms with Gasteiger partial charge in [0.05, 0.1) is 17.1 Å². The van der Waals surface area contributed by atoms with E-state index >= 15 is 0 Å². The molecule has 0 saturated carbocycles. The van der Waals surface area contributed by atoms with E-state index in [9.17, 15) is 5.26 Å². The lowest BCUT2D eigenvalue weighted by Gasteiger charge is -2.19. The molecule has 1 aliphatic heterocycles. The second-order valence-corrected chi connectivity index (χ2v) is 7.15. The standard InChI is InChI=1S/C20H20N6O.ClH/c1-11-7-14-17(27-11)4-3-13-18(15(9-21)20(22)24-19(13)14)16-8-12-10-23-5-2-6-26(12)25-16;/h7-8,23H,2-6,10H2,1H3,(H2,22,24);1H. The quantitative estimate of drug-likeness (QED) is 0.655. The van der Waals surface area contributed by atoms with Crippen molar-refractivity contribution in [1.82, 2.24) is 20.1 Å². The SMILES string of the molecule is Cc1cc2c(o1)CCc1c-2nc(N)c(C#N)c1-c1cc2n(n1)CCCNC2.Cl. The number of nitriles is 1. The van der Waals surface area contributed by atoms with Gasteiger partial charge in [0.15, 0.2) is 0 Å². The van der Waals surface area contributed by atoms with Crippen molar-refractivity contribution in [2.24, 2.45) is 0 Å². The number of nitrogens with one attached hydrogen (secondary N) is 1. The fraction of sp³-hybridized carbons (Fsp3) is 0.350. The third kappa shape index (κ3) is 2.77. The lowest BCUT2D eigenvalue weighted by Crippen LogP contribution is -2.12. The molecule has 2 aliphatic rings. The Balaban J connectivity index is 0.00000192. The molecule has 0 bridgehead atoms. The monoisotopic (exact) mass is 396 g/mol. The number of hydrogen-bond acceptors (Lipinski definition) is 6. The summed E-state index contributed by atoms with van der Waals surface area (Å²) in [5, 5.41) is 18.0. The molecule has 0 radical (unpaired) electrons. The molecule has 0 fully saturated rings. The number of halogens is 1. The first kappa shape index (κ1) is 18.5. The van der Waals surface area contributed by atoms with Gasteiger partial charge < -0.3 is 15.5 Å². The fourth-order valence-electron chi connectivity index (χ4n) is 4.17. The summed E-state index contributed by atoms with van der Waals surface area (Å²) in [6.45, 7) is 4.58. The second kappa shape index (κ2) is 6.97. The maximum Gasteiger partial charge on any atom is 0.142 e. The summed E-state index contributed by atoms with van der Waals surface area (Å²) in [5.41, 5.74) is 12.2. The molecule has 0 atom stereocenters. The normalized spacial score (nSPS) is 14.9. The van der Waals surface area contributed by atoms with E-state index in [4.69, 9.17) is 15.2 Å². The highest BCUT2D eigenvalue weighted by molar-refractivity contribution is 5.85. The molecule has 3 aromatic heterocycles. The van der Waals surface area contributed by atoms with Gasteiger partial charge in [0.2, 0.25) is 0 Å². The molecule has 0 amide bonds. The molecule has 8 heteroatoms. The first-order valence-corrected chi connectivity index (χ1v) is 9.25. The number of aromatic nitrogens is 3. The number of fused-ring (bicyclic) bond motifs is 4. The number of nitrogens with zero attached hydrogens (tertiary/aromatic N) is 4. The number of nitrogens with two attached hydrogens (primary N) is 1. The van der Waals surface area contributed by atoms with E-state index in [2.05, 4.69) is 22.4 Å². The Morgan fingerprint density at radius 1 is 1.32 bits per heavy atom. The summed E-state index contributed by atoms with van der Waals surface area (Å²) >= 11 is 0. The van der Waals surface area contributed by atoms with Gasteiger partial charge in [-0.15, -0.1) is 12.4 Å². The highest BCUT2D eigenvalue weighted by Gasteiger charge is 2.29. The Morgan fingerprint density at radius 3 is 3.00 bits per heavy atom. The highest BCUT2D eigenvalue weighted by atomic mass is 35.5. The van der Waals surface area contributed by atoms with Crippen LogP contribution >= 0.6 is 12.4 Å². The molecule has 0 saturated heterocycles. The molecule has 4 heterocycles. The maximum atomic E-state index is 9.77. The average molecular weight is 397 g/mol. The van der Waals surface area contributed by atoms with Crippen LogP contribution in [0.5, 0.6) is 0 Å². The van der Waals surface area contributed by atoms with Crippen molar-refractivity contribution in [3.05, 3.63) is 40.5 Å². The molecule has 144 valence electrons. The van der Waals surface area contributed by atoms with E-state index in [0.717, 1.165) is 84.2 Å². The summed E-state index contributed by atoms with van der Waals surface area (Å²) in [6.07, 6.45) is 2.58. The van der Waals surface area contributed by atoms with Crippen LogP contribution in [-0.2, 0) is 25.9 Å². The largest absolute Gasteiger partial charge is 0.466 e. The Kier molecular flexibility index (Phi) is 4.61. The van der Waals surface area contributed by atoms with Crippen molar-refractivity contribution in [3.8, 4) is 28.6 Å². The molecular weight excluding hydrogens is 376 g/mol. The predicted octanol–water partition coefficient (Wildman–Crippen LogP) is 2.98. The zero-order valence-electron chi connectivity index (χ0n) is 15.6. The number of rotatable bonds is 1. The molecule has 0 spiro atoms. The topological polar surface area (TPSA) is 106 Å². The summed E-state index contributed by atoms with van der Waals surface area (Å²) in [5.74, 6) is 2.05. The van der Waals surface area contributed by atoms with Crippen LogP contribution in [0.15, 0.2) is 16.5 Å². The number of pyridine rings is 1. The maximum absolute atomic E-state index is 9.77. The van der Waals surface area contributed by atoms with Crippen molar-refractivity contribution in [2.45, 2.75) is 39.3 Å². The Bertz CT molecular complexity index is 1080. The molecule has 7 nitrogen and oxygen atoms in total. The van der Waals surface area contributed by atoms with Crippen molar-refractivity contribution >= 4 is 18.2 Å². The van der Waals surface area contributed by atoms with E-state index in [1.165, 1.54) is 0 Å². The minimum Gasteiger partial charge on any atom is -0.466 e. The molecule has 0 aromatic carbocycles. The number of nitrogen functional groups attached to an aromatic ring is 1. The van der Waals surface area contributed by atoms with Gasteiger partial charge in [0, 0.05) is 30.6 Å². The molecule has 28 heavy (non-hydrogen) atoms. The Hall–Kier alpha value is -2.82. The van der Waals surface area contributed by atoms with Crippen LogP contribution in [0.4, 0.5) is 5.82 Å². The predicted molar refractivity (Wildman–Crippen MR) is 108 cm³/mol. The van der Waals surface area contributed by atoms with Crippen molar-refractivity contribution in [3.63, 3.8) is 0 Å².